The minimum Gasteiger partial charge on any atom is -0.497 e. The van der Waals surface area contributed by atoms with Gasteiger partial charge in [-0.2, -0.15) is 10.2 Å². The Balaban J connectivity index is 1.77. The third-order valence-electron chi connectivity index (χ3n) is 3.56. The lowest BCUT2D eigenvalue weighted by Gasteiger charge is -2.10. The first kappa shape index (κ1) is 15.8. The molecular formula is C17H19N5O2. The van der Waals surface area contributed by atoms with E-state index < -0.39 is 0 Å². The van der Waals surface area contributed by atoms with Gasteiger partial charge in [0.05, 0.1) is 19.0 Å². The van der Waals surface area contributed by atoms with E-state index in [1.54, 1.807) is 41.0 Å². The Kier molecular flexibility index (Phi) is 4.33. The highest BCUT2D eigenvalue weighted by atomic mass is 16.5. The molecule has 0 saturated carbocycles. The summed E-state index contributed by atoms with van der Waals surface area (Å²) in [5.74, 6) is 1.14. The molecule has 0 saturated heterocycles. The lowest BCUT2D eigenvalue weighted by molar-refractivity contribution is 0.102. The summed E-state index contributed by atoms with van der Waals surface area (Å²) in [5.41, 5.74) is 1.18. The number of ether oxygens (including phenoxy) is 1. The predicted molar refractivity (Wildman–Crippen MR) is 90.7 cm³/mol. The lowest BCUT2D eigenvalue weighted by Crippen LogP contribution is -2.17. The van der Waals surface area contributed by atoms with E-state index >= 15 is 0 Å². The zero-order chi connectivity index (χ0) is 17.1. The quantitative estimate of drug-likeness (QED) is 0.783. The van der Waals surface area contributed by atoms with Crippen molar-refractivity contribution in [2.45, 2.75) is 19.9 Å². The highest BCUT2D eigenvalue weighted by Crippen LogP contribution is 2.16. The van der Waals surface area contributed by atoms with E-state index in [0.29, 0.717) is 11.5 Å². The maximum atomic E-state index is 12.4. The van der Waals surface area contributed by atoms with Gasteiger partial charge in [-0.25, -0.2) is 9.36 Å². The molecule has 0 fully saturated rings. The van der Waals surface area contributed by atoms with E-state index in [0.717, 1.165) is 11.4 Å². The van der Waals surface area contributed by atoms with Crippen LogP contribution in [0.3, 0.4) is 0 Å². The van der Waals surface area contributed by atoms with E-state index in [4.69, 9.17) is 4.74 Å². The number of carbonyl (C=O) groups is 1. The number of amides is 1. The Morgan fingerprint density at radius 2 is 1.92 bits per heavy atom. The monoisotopic (exact) mass is 325 g/mol. The third-order valence-corrected chi connectivity index (χ3v) is 3.56. The van der Waals surface area contributed by atoms with Crippen LogP contribution >= 0.6 is 0 Å². The molecule has 0 aliphatic heterocycles. The van der Waals surface area contributed by atoms with Crippen LogP contribution in [0.4, 0.5) is 5.82 Å². The minimum absolute atomic E-state index is 0.159. The van der Waals surface area contributed by atoms with Crippen molar-refractivity contribution in [3.8, 4) is 11.4 Å². The van der Waals surface area contributed by atoms with Gasteiger partial charge in [0.25, 0.3) is 5.91 Å². The second kappa shape index (κ2) is 6.57. The number of hydrogen-bond donors (Lipinski definition) is 1. The summed E-state index contributed by atoms with van der Waals surface area (Å²) in [7, 11) is 1.62. The number of benzene rings is 1. The fourth-order valence-corrected chi connectivity index (χ4v) is 2.33. The van der Waals surface area contributed by atoms with E-state index in [1.807, 2.05) is 38.1 Å². The van der Waals surface area contributed by atoms with Gasteiger partial charge in [0.15, 0.2) is 5.69 Å². The second-order valence-electron chi connectivity index (χ2n) is 5.55. The van der Waals surface area contributed by atoms with Crippen molar-refractivity contribution in [3.63, 3.8) is 0 Å². The molecule has 3 aromatic rings. The van der Waals surface area contributed by atoms with E-state index in [-0.39, 0.29) is 11.9 Å². The first-order chi connectivity index (χ1) is 11.6. The highest BCUT2D eigenvalue weighted by Gasteiger charge is 2.14. The number of carbonyl (C=O) groups excluding carboxylic acids is 1. The van der Waals surface area contributed by atoms with E-state index in [2.05, 4.69) is 15.5 Å². The van der Waals surface area contributed by atoms with Crippen molar-refractivity contribution in [2.75, 3.05) is 12.4 Å². The topological polar surface area (TPSA) is 74.0 Å². The number of nitrogens with zero attached hydrogens (tertiary/aromatic N) is 4. The van der Waals surface area contributed by atoms with Gasteiger partial charge in [-0.05, 0) is 44.2 Å². The molecule has 3 rings (SSSR count). The van der Waals surface area contributed by atoms with Gasteiger partial charge < -0.3 is 10.1 Å². The lowest BCUT2D eigenvalue weighted by atomic mass is 10.3. The minimum atomic E-state index is -0.273. The molecule has 0 spiro atoms. The second-order valence-corrected chi connectivity index (χ2v) is 5.55. The largest absolute Gasteiger partial charge is 0.497 e. The molecular weight excluding hydrogens is 306 g/mol. The number of rotatable bonds is 5. The Morgan fingerprint density at radius 1 is 1.17 bits per heavy atom. The summed E-state index contributed by atoms with van der Waals surface area (Å²) >= 11 is 0. The smallest absolute Gasteiger partial charge is 0.277 e. The normalized spacial score (nSPS) is 10.8. The SMILES string of the molecule is COc1ccc(-n2ccc(C(=O)Nc3ccnn3C(C)C)n2)cc1. The van der Waals surface area contributed by atoms with Gasteiger partial charge in [0, 0.05) is 18.3 Å². The molecule has 0 aliphatic carbocycles. The van der Waals surface area contributed by atoms with Gasteiger partial charge >= 0.3 is 0 Å². The summed E-state index contributed by atoms with van der Waals surface area (Å²) in [6, 6.07) is 11.0. The number of anilines is 1. The first-order valence-electron chi connectivity index (χ1n) is 7.63. The standard InChI is InChI=1S/C17H19N5O2/c1-12(2)22-16(8-10-18-22)19-17(23)15-9-11-21(20-15)13-4-6-14(24-3)7-5-13/h4-12H,1-3H3,(H,19,23). The summed E-state index contributed by atoms with van der Waals surface area (Å²) in [4.78, 5) is 12.4. The number of nitrogens with one attached hydrogen (secondary N) is 1. The Hall–Kier alpha value is -3.09. The van der Waals surface area contributed by atoms with Gasteiger partial charge in [0.1, 0.15) is 11.6 Å². The Morgan fingerprint density at radius 3 is 2.58 bits per heavy atom. The molecule has 2 aromatic heterocycles. The molecule has 1 N–H and O–H groups in total. The number of methoxy groups -OCH3 is 1. The molecule has 1 aromatic carbocycles. The van der Waals surface area contributed by atoms with Crippen molar-refractivity contribution in [1.82, 2.24) is 19.6 Å². The van der Waals surface area contributed by atoms with Crippen LogP contribution in [-0.4, -0.2) is 32.6 Å². The Bertz CT molecular complexity index is 833. The average molecular weight is 325 g/mol. The summed E-state index contributed by atoms with van der Waals surface area (Å²) < 4.78 is 8.53. The molecule has 24 heavy (non-hydrogen) atoms. The third kappa shape index (κ3) is 3.15. The molecule has 2 heterocycles. The van der Waals surface area contributed by atoms with Crippen molar-refractivity contribution in [3.05, 3.63) is 54.5 Å². The first-order valence-corrected chi connectivity index (χ1v) is 7.63. The maximum Gasteiger partial charge on any atom is 0.277 e. The summed E-state index contributed by atoms with van der Waals surface area (Å²) in [5, 5.41) is 11.4. The van der Waals surface area contributed by atoms with Crippen LogP contribution < -0.4 is 10.1 Å². The van der Waals surface area contributed by atoms with Crippen molar-refractivity contribution in [2.24, 2.45) is 0 Å². The van der Waals surface area contributed by atoms with E-state index in [1.165, 1.54) is 0 Å². The number of aromatic nitrogens is 4. The predicted octanol–water partition coefficient (Wildman–Crippen LogP) is 2.91. The van der Waals surface area contributed by atoms with Gasteiger partial charge in [0.2, 0.25) is 0 Å². The van der Waals surface area contributed by atoms with Crippen LogP contribution in [0.15, 0.2) is 48.8 Å². The summed E-state index contributed by atoms with van der Waals surface area (Å²) in [6.45, 7) is 4.00. The number of hydrogen-bond acceptors (Lipinski definition) is 4. The van der Waals surface area contributed by atoms with Crippen molar-refractivity contribution >= 4 is 11.7 Å². The molecule has 0 atom stereocenters. The average Bonchev–Trinajstić information content (AvgIpc) is 3.24. The molecule has 0 radical (unpaired) electrons. The molecule has 7 nitrogen and oxygen atoms in total. The van der Waals surface area contributed by atoms with Crippen molar-refractivity contribution < 1.29 is 9.53 Å². The fraction of sp³-hybridized carbons (Fsp3) is 0.235. The van der Waals surface area contributed by atoms with Crippen LogP contribution in [0.1, 0.15) is 30.4 Å². The molecule has 1 amide bonds. The Labute approximate surface area is 139 Å². The molecule has 7 heteroatoms. The van der Waals surface area contributed by atoms with Crippen molar-refractivity contribution in [1.29, 1.82) is 0 Å². The zero-order valence-electron chi connectivity index (χ0n) is 13.8. The van der Waals surface area contributed by atoms with Gasteiger partial charge in [-0.15, -0.1) is 0 Å². The van der Waals surface area contributed by atoms with Crippen LogP contribution in [0.5, 0.6) is 5.75 Å². The molecule has 0 aliphatic rings. The molecule has 0 unspecified atom stereocenters. The zero-order valence-corrected chi connectivity index (χ0v) is 13.8. The maximum absolute atomic E-state index is 12.4. The summed E-state index contributed by atoms with van der Waals surface area (Å²) in [6.07, 6.45) is 3.40. The molecule has 0 bridgehead atoms. The van der Waals surface area contributed by atoms with E-state index in [9.17, 15) is 4.79 Å². The van der Waals surface area contributed by atoms with Crippen LogP contribution in [-0.2, 0) is 0 Å². The molecule has 124 valence electrons. The fourth-order valence-electron chi connectivity index (χ4n) is 2.33. The van der Waals surface area contributed by atoms with Crippen LogP contribution in [0, 0.1) is 0 Å². The van der Waals surface area contributed by atoms with Gasteiger partial charge in [-0.1, -0.05) is 0 Å². The highest BCUT2D eigenvalue weighted by molar-refractivity contribution is 6.02. The van der Waals surface area contributed by atoms with Gasteiger partial charge in [-0.3, -0.25) is 4.79 Å². The van der Waals surface area contributed by atoms with Crippen LogP contribution in [0.2, 0.25) is 0 Å². The van der Waals surface area contributed by atoms with Crippen LogP contribution in [0.25, 0.3) is 5.69 Å².